The van der Waals surface area contributed by atoms with Crippen LogP contribution in [0.2, 0.25) is 0 Å². The summed E-state index contributed by atoms with van der Waals surface area (Å²) < 4.78 is 5.38. The second-order valence-corrected chi connectivity index (χ2v) is 9.33. The van der Waals surface area contributed by atoms with Gasteiger partial charge in [-0.25, -0.2) is 0 Å². The first-order valence-electron chi connectivity index (χ1n) is 10.6. The number of morpholine rings is 1. The Hall–Kier alpha value is -1.44. The summed E-state index contributed by atoms with van der Waals surface area (Å²) in [5, 5.41) is 5.12. The molecule has 2 saturated heterocycles. The van der Waals surface area contributed by atoms with E-state index < -0.39 is 0 Å². The van der Waals surface area contributed by atoms with E-state index in [0.717, 1.165) is 57.1 Å². The molecule has 1 N–H and O–H groups in total. The maximum absolute atomic E-state index is 13.1. The fraction of sp³-hybridized carbons (Fsp3) is 0.714. The average molecular weight is 406 g/mol. The van der Waals surface area contributed by atoms with Gasteiger partial charge < -0.3 is 15.0 Å². The minimum atomic E-state index is -0.0820. The van der Waals surface area contributed by atoms with Crippen molar-refractivity contribution in [3.05, 3.63) is 22.4 Å². The van der Waals surface area contributed by atoms with Crippen LogP contribution in [-0.2, 0) is 9.53 Å². The molecule has 2 amide bonds. The predicted octanol–water partition coefficient (Wildman–Crippen LogP) is 2.22. The normalized spacial score (nSPS) is 25.1. The van der Waals surface area contributed by atoms with Crippen LogP contribution in [0.3, 0.4) is 0 Å². The van der Waals surface area contributed by atoms with E-state index in [4.69, 9.17) is 4.74 Å². The van der Waals surface area contributed by atoms with Gasteiger partial charge in [-0.15, -0.1) is 11.3 Å². The lowest BCUT2D eigenvalue weighted by molar-refractivity contribution is -0.128. The zero-order chi connectivity index (χ0) is 19.4. The lowest BCUT2D eigenvalue weighted by atomic mass is 9.67. The van der Waals surface area contributed by atoms with Crippen molar-refractivity contribution in [3.8, 4) is 0 Å². The van der Waals surface area contributed by atoms with E-state index >= 15 is 0 Å². The molecule has 7 heteroatoms. The Balaban J connectivity index is 1.39. The van der Waals surface area contributed by atoms with Crippen molar-refractivity contribution in [3.63, 3.8) is 0 Å². The molecule has 1 aromatic heterocycles. The highest BCUT2D eigenvalue weighted by molar-refractivity contribution is 7.12. The third-order valence-corrected chi connectivity index (χ3v) is 7.52. The summed E-state index contributed by atoms with van der Waals surface area (Å²) in [5.41, 5.74) is -0.0335. The van der Waals surface area contributed by atoms with E-state index in [9.17, 15) is 9.59 Å². The SMILES string of the molecule is O=C(NCCN1CCOCC1)C1CN(C(=O)c2cccs2)CC12CCCCC2. The second kappa shape index (κ2) is 8.93. The number of nitrogens with zero attached hydrogens (tertiary/aromatic N) is 2. The van der Waals surface area contributed by atoms with Gasteiger partial charge in [0.15, 0.2) is 0 Å². The van der Waals surface area contributed by atoms with Crippen LogP contribution in [0.5, 0.6) is 0 Å². The van der Waals surface area contributed by atoms with Gasteiger partial charge >= 0.3 is 0 Å². The molecule has 3 heterocycles. The van der Waals surface area contributed by atoms with Crippen LogP contribution in [0.1, 0.15) is 41.8 Å². The highest BCUT2D eigenvalue weighted by atomic mass is 32.1. The number of ether oxygens (including phenoxy) is 1. The van der Waals surface area contributed by atoms with Crippen molar-refractivity contribution in [2.24, 2.45) is 11.3 Å². The molecule has 154 valence electrons. The summed E-state index contributed by atoms with van der Waals surface area (Å²) in [6, 6.07) is 3.80. The Kier molecular flexibility index (Phi) is 6.33. The molecule has 0 radical (unpaired) electrons. The molecule has 1 atom stereocenters. The summed E-state index contributed by atoms with van der Waals surface area (Å²) >= 11 is 1.48. The van der Waals surface area contributed by atoms with Gasteiger partial charge in [-0.05, 0) is 24.3 Å². The fourth-order valence-electron chi connectivity index (χ4n) is 5.09. The number of hydrogen-bond donors (Lipinski definition) is 1. The first-order chi connectivity index (χ1) is 13.7. The van der Waals surface area contributed by atoms with Gasteiger partial charge in [-0.3, -0.25) is 14.5 Å². The van der Waals surface area contributed by atoms with E-state index in [0.29, 0.717) is 13.1 Å². The van der Waals surface area contributed by atoms with E-state index in [-0.39, 0.29) is 23.1 Å². The van der Waals surface area contributed by atoms with Crippen LogP contribution in [-0.4, -0.2) is 74.1 Å². The maximum atomic E-state index is 13.1. The Morgan fingerprint density at radius 3 is 2.71 bits per heavy atom. The smallest absolute Gasteiger partial charge is 0.263 e. The molecule has 0 aromatic carbocycles. The van der Waals surface area contributed by atoms with Crippen molar-refractivity contribution < 1.29 is 14.3 Å². The molecule has 1 spiro atoms. The van der Waals surface area contributed by atoms with Crippen LogP contribution >= 0.6 is 11.3 Å². The number of likely N-dealkylation sites (tertiary alicyclic amines) is 1. The van der Waals surface area contributed by atoms with Crippen molar-refractivity contribution >= 4 is 23.2 Å². The summed E-state index contributed by atoms with van der Waals surface area (Å²) in [4.78, 5) is 31.1. The third-order valence-electron chi connectivity index (χ3n) is 6.66. The predicted molar refractivity (Wildman–Crippen MR) is 109 cm³/mol. The van der Waals surface area contributed by atoms with E-state index in [1.165, 1.54) is 30.6 Å². The highest BCUT2D eigenvalue weighted by Gasteiger charge is 2.51. The Bertz CT molecular complexity index is 666. The van der Waals surface area contributed by atoms with Crippen LogP contribution in [0.15, 0.2) is 17.5 Å². The number of thiophene rings is 1. The summed E-state index contributed by atoms with van der Waals surface area (Å²) in [5.74, 6) is 0.140. The monoisotopic (exact) mass is 405 g/mol. The molecular formula is C21H31N3O3S. The summed E-state index contributed by atoms with van der Waals surface area (Å²) in [6.45, 7) is 6.25. The van der Waals surface area contributed by atoms with Gasteiger partial charge in [0.05, 0.1) is 24.0 Å². The Morgan fingerprint density at radius 1 is 1.21 bits per heavy atom. The number of amides is 2. The van der Waals surface area contributed by atoms with E-state index in [1.807, 2.05) is 22.4 Å². The van der Waals surface area contributed by atoms with Gasteiger partial charge in [-0.2, -0.15) is 0 Å². The van der Waals surface area contributed by atoms with E-state index in [2.05, 4.69) is 10.2 Å². The van der Waals surface area contributed by atoms with Gasteiger partial charge in [0.25, 0.3) is 5.91 Å². The quantitative estimate of drug-likeness (QED) is 0.816. The Labute approximate surface area is 171 Å². The van der Waals surface area contributed by atoms with Gasteiger partial charge in [-0.1, -0.05) is 25.3 Å². The standard InChI is InChI=1S/C21H31N3O3S/c25-19(22-8-9-23-10-12-27-13-11-23)17-15-24(20(26)18-5-4-14-28-18)16-21(17)6-2-1-3-7-21/h4-5,14,17H,1-3,6-13,15-16H2,(H,22,25). The average Bonchev–Trinajstić information content (AvgIpc) is 3.38. The van der Waals surface area contributed by atoms with Gasteiger partial charge in [0.1, 0.15) is 0 Å². The molecule has 28 heavy (non-hydrogen) atoms. The first-order valence-corrected chi connectivity index (χ1v) is 11.5. The largest absolute Gasteiger partial charge is 0.379 e. The minimum Gasteiger partial charge on any atom is -0.379 e. The summed E-state index contributed by atoms with van der Waals surface area (Å²) in [7, 11) is 0. The Morgan fingerprint density at radius 2 is 2.00 bits per heavy atom. The molecule has 4 rings (SSSR count). The van der Waals surface area contributed by atoms with Crippen molar-refractivity contribution in [1.29, 1.82) is 0 Å². The molecule has 6 nitrogen and oxygen atoms in total. The maximum Gasteiger partial charge on any atom is 0.263 e. The minimum absolute atomic E-state index is 0.0335. The van der Waals surface area contributed by atoms with Crippen LogP contribution in [0, 0.1) is 11.3 Å². The zero-order valence-corrected chi connectivity index (χ0v) is 17.3. The molecule has 3 aliphatic rings. The number of hydrogen-bond acceptors (Lipinski definition) is 5. The first kappa shape index (κ1) is 19.9. The van der Waals surface area contributed by atoms with Crippen molar-refractivity contribution in [2.75, 3.05) is 52.5 Å². The molecule has 1 aromatic rings. The van der Waals surface area contributed by atoms with Crippen LogP contribution < -0.4 is 5.32 Å². The van der Waals surface area contributed by atoms with E-state index in [1.54, 1.807) is 0 Å². The van der Waals surface area contributed by atoms with Crippen molar-refractivity contribution in [2.45, 2.75) is 32.1 Å². The molecule has 1 saturated carbocycles. The molecule has 1 unspecified atom stereocenters. The van der Waals surface area contributed by atoms with Crippen LogP contribution in [0.25, 0.3) is 0 Å². The molecule has 1 aliphatic carbocycles. The molecule has 3 fully saturated rings. The number of carbonyl (C=O) groups excluding carboxylic acids is 2. The molecular weight excluding hydrogens is 374 g/mol. The van der Waals surface area contributed by atoms with Crippen LogP contribution in [0.4, 0.5) is 0 Å². The lowest BCUT2D eigenvalue weighted by Crippen LogP contribution is -2.46. The number of rotatable bonds is 5. The number of nitrogens with one attached hydrogen (secondary N) is 1. The molecule has 2 aliphatic heterocycles. The number of carbonyl (C=O) groups is 2. The molecule has 0 bridgehead atoms. The summed E-state index contributed by atoms with van der Waals surface area (Å²) in [6.07, 6.45) is 5.69. The third kappa shape index (κ3) is 4.26. The van der Waals surface area contributed by atoms with Gasteiger partial charge in [0, 0.05) is 44.7 Å². The zero-order valence-electron chi connectivity index (χ0n) is 16.5. The second-order valence-electron chi connectivity index (χ2n) is 8.38. The highest BCUT2D eigenvalue weighted by Crippen LogP contribution is 2.48. The van der Waals surface area contributed by atoms with Gasteiger partial charge in [0.2, 0.25) is 5.91 Å². The topological polar surface area (TPSA) is 61.9 Å². The fourth-order valence-corrected chi connectivity index (χ4v) is 5.78. The van der Waals surface area contributed by atoms with Crippen molar-refractivity contribution in [1.82, 2.24) is 15.1 Å². The lowest BCUT2D eigenvalue weighted by Gasteiger charge is -2.37.